The van der Waals surface area contributed by atoms with Gasteiger partial charge in [-0.05, 0) is 12.1 Å². The summed E-state index contributed by atoms with van der Waals surface area (Å²) in [6, 6.07) is 6.79. The second-order valence-electron chi connectivity index (χ2n) is 5.85. The van der Waals surface area contributed by atoms with Crippen LogP contribution in [0.3, 0.4) is 0 Å². The fourth-order valence-corrected chi connectivity index (χ4v) is 3.14. The lowest BCUT2D eigenvalue weighted by Crippen LogP contribution is -2.44. The molecule has 7 nitrogen and oxygen atoms in total. The van der Waals surface area contributed by atoms with E-state index in [4.69, 9.17) is 9.47 Å². The van der Waals surface area contributed by atoms with E-state index in [9.17, 15) is 14.4 Å². The Balaban J connectivity index is 1.78. The Hall–Kier alpha value is -2.41. The molecule has 1 atom stereocenters. The van der Waals surface area contributed by atoms with Crippen molar-refractivity contribution in [1.82, 2.24) is 4.90 Å². The number of carbonyl (C=O) groups is 3. The van der Waals surface area contributed by atoms with E-state index in [0.717, 1.165) is 0 Å². The molecule has 0 aromatic heterocycles. The van der Waals surface area contributed by atoms with Crippen LogP contribution in [-0.2, 0) is 19.1 Å². The van der Waals surface area contributed by atoms with Crippen LogP contribution >= 0.6 is 0 Å². The van der Waals surface area contributed by atoms with Crippen molar-refractivity contribution in [2.75, 3.05) is 44.9 Å². The predicted molar refractivity (Wildman–Crippen MR) is 85.6 cm³/mol. The maximum Gasteiger partial charge on any atom is 0.339 e. The monoisotopic (exact) mass is 332 g/mol. The number of esters is 1. The quantitative estimate of drug-likeness (QED) is 0.761. The van der Waals surface area contributed by atoms with E-state index in [0.29, 0.717) is 37.6 Å². The molecule has 2 heterocycles. The summed E-state index contributed by atoms with van der Waals surface area (Å²) in [4.78, 5) is 40.2. The highest BCUT2D eigenvalue weighted by Crippen LogP contribution is 2.29. The highest BCUT2D eigenvalue weighted by atomic mass is 16.5. The van der Waals surface area contributed by atoms with Gasteiger partial charge in [0.25, 0.3) is 0 Å². The third kappa shape index (κ3) is 3.12. The SMILES string of the molecule is COC(=O)c1ccccc1N1C[C@@H](C(=O)N2CCOCC2)CC1=O. The maximum absolute atomic E-state index is 12.6. The first-order valence-electron chi connectivity index (χ1n) is 7.96. The van der Waals surface area contributed by atoms with E-state index in [-0.39, 0.29) is 30.7 Å². The number of nitrogens with zero attached hydrogens (tertiary/aromatic N) is 2. The zero-order chi connectivity index (χ0) is 17.1. The lowest BCUT2D eigenvalue weighted by atomic mass is 10.1. The van der Waals surface area contributed by atoms with Gasteiger partial charge >= 0.3 is 5.97 Å². The molecule has 0 unspecified atom stereocenters. The van der Waals surface area contributed by atoms with Gasteiger partial charge in [-0.1, -0.05) is 12.1 Å². The minimum absolute atomic E-state index is 0.0234. The van der Waals surface area contributed by atoms with E-state index < -0.39 is 5.97 Å². The van der Waals surface area contributed by atoms with Crippen molar-refractivity contribution < 1.29 is 23.9 Å². The van der Waals surface area contributed by atoms with Crippen molar-refractivity contribution in [2.24, 2.45) is 5.92 Å². The van der Waals surface area contributed by atoms with Crippen LogP contribution < -0.4 is 4.90 Å². The van der Waals surface area contributed by atoms with Gasteiger partial charge in [0.1, 0.15) is 0 Å². The molecule has 1 aromatic carbocycles. The van der Waals surface area contributed by atoms with E-state index >= 15 is 0 Å². The van der Waals surface area contributed by atoms with Crippen LogP contribution in [0, 0.1) is 5.92 Å². The predicted octanol–water partition coefficient (Wildman–Crippen LogP) is 0.685. The molecular formula is C17H20N2O5. The largest absolute Gasteiger partial charge is 0.465 e. The summed E-state index contributed by atoms with van der Waals surface area (Å²) < 4.78 is 10.0. The first-order valence-corrected chi connectivity index (χ1v) is 7.96. The molecule has 7 heteroatoms. The number of ether oxygens (including phenoxy) is 2. The zero-order valence-corrected chi connectivity index (χ0v) is 13.6. The van der Waals surface area contributed by atoms with Crippen LogP contribution in [0.2, 0.25) is 0 Å². The molecule has 2 aliphatic heterocycles. The summed E-state index contributed by atoms with van der Waals surface area (Å²) in [6.45, 7) is 2.45. The highest BCUT2D eigenvalue weighted by molar-refractivity contribution is 6.05. The van der Waals surface area contributed by atoms with Gasteiger partial charge in [0, 0.05) is 26.1 Å². The third-order valence-electron chi connectivity index (χ3n) is 4.40. The molecule has 0 radical (unpaired) electrons. The van der Waals surface area contributed by atoms with Crippen molar-refractivity contribution in [3.63, 3.8) is 0 Å². The van der Waals surface area contributed by atoms with Gasteiger partial charge in [-0.15, -0.1) is 0 Å². The van der Waals surface area contributed by atoms with Crippen LogP contribution in [-0.4, -0.2) is 62.6 Å². The minimum Gasteiger partial charge on any atom is -0.465 e. The molecule has 2 amide bonds. The lowest BCUT2D eigenvalue weighted by Gasteiger charge is -2.29. The van der Waals surface area contributed by atoms with Crippen molar-refractivity contribution in [3.8, 4) is 0 Å². The van der Waals surface area contributed by atoms with E-state index in [1.165, 1.54) is 12.0 Å². The average Bonchev–Trinajstić information content (AvgIpc) is 3.02. The zero-order valence-electron chi connectivity index (χ0n) is 13.6. The normalized spacial score (nSPS) is 21.0. The van der Waals surface area contributed by atoms with Gasteiger partial charge < -0.3 is 19.3 Å². The molecule has 2 saturated heterocycles. The number of hydrogen-bond donors (Lipinski definition) is 0. The molecule has 128 valence electrons. The van der Waals surface area contributed by atoms with Crippen molar-refractivity contribution >= 4 is 23.5 Å². The average molecular weight is 332 g/mol. The number of morpholine rings is 1. The van der Waals surface area contributed by atoms with Gasteiger partial charge in [-0.3, -0.25) is 9.59 Å². The van der Waals surface area contributed by atoms with E-state index in [1.54, 1.807) is 29.2 Å². The Morgan fingerprint density at radius 3 is 2.62 bits per heavy atom. The van der Waals surface area contributed by atoms with Crippen LogP contribution in [0.25, 0.3) is 0 Å². The molecule has 2 fully saturated rings. The van der Waals surface area contributed by atoms with Crippen molar-refractivity contribution in [2.45, 2.75) is 6.42 Å². The van der Waals surface area contributed by atoms with Crippen LogP contribution in [0.4, 0.5) is 5.69 Å². The first kappa shape index (κ1) is 16.4. The Labute approximate surface area is 140 Å². The molecule has 0 saturated carbocycles. The van der Waals surface area contributed by atoms with Gasteiger partial charge in [-0.2, -0.15) is 0 Å². The molecular weight excluding hydrogens is 312 g/mol. The van der Waals surface area contributed by atoms with Crippen LogP contribution in [0.15, 0.2) is 24.3 Å². The Kier molecular flexibility index (Phi) is 4.80. The highest BCUT2D eigenvalue weighted by Gasteiger charge is 2.38. The number of para-hydroxylation sites is 1. The summed E-state index contributed by atoms with van der Waals surface area (Å²) in [5.74, 6) is -1.06. The Morgan fingerprint density at radius 1 is 1.21 bits per heavy atom. The van der Waals surface area contributed by atoms with Gasteiger partial charge in [-0.25, -0.2) is 4.79 Å². The molecule has 0 aliphatic carbocycles. The molecule has 0 N–H and O–H groups in total. The van der Waals surface area contributed by atoms with Crippen LogP contribution in [0.1, 0.15) is 16.8 Å². The standard InChI is InChI=1S/C17H20N2O5/c1-23-17(22)13-4-2-3-5-14(13)19-11-12(10-15(19)20)16(21)18-6-8-24-9-7-18/h2-5,12H,6-11H2,1H3/t12-/m0/s1. The number of carbonyl (C=O) groups excluding carboxylic acids is 3. The first-order chi connectivity index (χ1) is 11.6. The van der Waals surface area contributed by atoms with E-state index in [2.05, 4.69) is 0 Å². The smallest absolute Gasteiger partial charge is 0.339 e. The summed E-state index contributed by atoms with van der Waals surface area (Å²) in [7, 11) is 1.30. The summed E-state index contributed by atoms with van der Waals surface area (Å²) in [5, 5.41) is 0. The summed E-state index contributed by atoms with van der Waals surface area (Å²) in [5.41, 5.74) is 0.819. The van der Waals surface area contributed by atoms with E-state index in [1.807, 2.05) is 0 Å². The lowest BCUT2D eigenvalue weighted by molar-refractivity contribution is -0.139. The second-order valence-corrected chi connectivity index (χ2v) is 5.85. The number of amides is 2. The Morgan fingerprint density at radius 2 is 1.92 bits per heavy atom. The number of anilines is 1. The minimum atomic E-state index is -0.499. The number of rotatable bonds is 3. The molecule has 24 heavy (non-hydrogen) atoms. The molecule has 3 rings (SSSR count). The van der Waals surface area contributed by atoms with Crippen molar-refractivity contribution in [1.29, 1.82) is 0 Å². The number of hydrogen-bond acceptors (Lipinski definition) is 5. The Bertz CT molecular complexity index is 654. The third-order valence-corrected chi connectivity index (χ3v) is 4.40. The fourth-order valence-electron chi connectivity index (χ4n) is 3.14. The molecule has 0 spiro atoms. The number of methoxy groups -OCH3 is 1. The van der Waals surface area contributed by atoms with Gasteiger partial charge in [0.15, 0.2) is 0 Å². The van der Waals surface area contributed by atoms with Crippen LogP contribution in [0.5, 0.6) is 0 Å². The summed E-state index contributed by atoms with van der Waals surface area (Å²) >= 11 is 0. The van der Waals surface area contributed by atoms with Crippen molar-refractivity contribution in [3.05, 3.63) is 29.8 Å². The maximum atomic E-state index is 12.6. The molecule has 0 bridgehead atoms. The fraction of sp³-hybridized carbons (Fsp3) is 0.471. The topological polar surface area (TPSA) is 76.2 Å². The van der Waals surface area contributed by atoms with Gasteiger partial charge in [0.2, 0.25) is 11.8 Å². The van der Waals surface area contributed by atoms with Gasteiger partial charge in [0.05, 0.1) is 37.5 Å². The number of benzene rings is 1. The summed E-state index contributed by atoms with van der Waals surface area (Å²) in [6.07, 6.45) is 0.158. The second kappa shape index (κ2) is 7.00. The molecule has 2 aliphatic rings. The molecule has 1 aromatic rings.